The smallest absolute Gasteiger partial charge is 0.137 e. The molecule has 2 aromatic heterocycles. The Morgan fingerprint density at radius 1 is 0.630 bits per heavy atom. The molecule has 0 fully saturated rings. The number of benzene rings is 6. The van der Waals surface area contributed by atoms with Crippen LogP contribution in [0, 0.1) is 0 Å². The van der Waals surface area contributed by atoms with E-state index < -0.39 is 0 Å². The number of amidine groups is 1. The van der Waals surface area contributed by atoms with Crippen LogP contribution in [0.5, 0.6) is 0 Å². The maximum absolute atomic E-state index is 6.70. The van der Waals surface area contributed by atoms with E-state index in [2.05, 4.69) is 186 Å². The van der Waals surface area contributed by atoms with Crippen LogP contribution in [0.1, 0.15) is 33.9 Å². The summed E-state index contributed by atoms with van der Waals surface area (Å²) in [5.41, 5.74) is 14.7. The average molecular weight is 694 g/mol. The van der Waals surface area contributed by atoms with Gasteiger partial charge in [-0.1, -0.05) is 140 Å². The molecule has 0 saturated heterocycles. The highest BCUT2D eigenvalue weighted by Crippen LogP contribution is 2.42. The second-order valence-electron chi connectivity index (χ2n) is 14.3. The molecule has 11 rings (SSSR count). The van der Waals surface area contributed by atoms with Crippen molar-refractivity contribution >= 4 is 50.5 Å². The molecule has 256 valence electrons. The summed E-state index contributed by atoms with van der Waals surface area (Å²) in [6, 6.07) is 51.9. The molecule has 0 amide bonds. The predicted molar refractivity (Wildman–Crippen MR) is 223 cm³/mol. The van der Waals surface area contributed by atoms with Gasteiger partial charge in [0.25, 0.3) is 0 Å². The third-order valence-corrected chi connectivity index (χ3v) is 11.2. The molecule has 2 atom stereocenters. The van der Waals surface area contributed by atoms with Crippen molar-refractivity contribution in [3.05, 3.63) is 209 Å². The minimum absolute atomic E-state index is 0.0304. The Bertz CT molecular complexity index is 2920. The van der Waals surface area contributed by atoms with Crippen molar-refractivity contribution in [1.82, 2.24) is 9.88 Å². The van der Waals surface area contributed by atoms with E-state index in [-0.39, 0.29) is 6.04 Å². The highest BCUT2D eigenvalue weighted by atomic mass is 16.3. The highest BCUT2D eigenvalue weighted by molar-refractivity contribution is 6.19. The number of furan rings is 1. The molecule has 0 bridgehead atoms. The van der Waals surface area contributed by atoms with Crippen molar-refractivity contribution in [2.45, 2.75) is 18.4 Å². The summed E-state index contributed by atoms with van der Waals surface area (Å²) in [6.07, 6.45) is 14.2. The van der Waals surface area contributed by atoms with Crippen LogP contribution in [-0.2, 0) is 6.42 Å². The maximum Gasteiger partial charge on any atom is 0.137 e. The van der Waals surface area contributed by atoms with Crippen molar-refractivity contribution in [1.29, 1.82) is 0 Å². The van der Waals surface area contributed by atoms with Gasteiger partial charge in [-0.15, -0.1) is 0 Å². The second-order valence-corrected chi connectivity index (χ2v) is 14.3. The number of nitrogens with one attached hydrogen (secondary N) is 1. The van der Waals surface area contributed by atoms with Gasteiger partial charge >= 0.3 is 0 Å². The zero-order valence-electron chi connectivity index (χ0n) is 29.5. The first-order valence-electron chi connectivity index (χ1n) is 18.7. The summed E-state index contributed by atoms with van der Waals surface area (Å²) < 4.78 is 9.11. The standard InChI is InChI=1S/C50H35N3O/c1-4-13-32(14-5-1)35-23-27-44-41(29-35)42-30-36(33-15-6-2-7-16-33)24-28-45(42)53(44)37-25-26-39-47(31-37)54-46-22-12-20-40(48(39)46)50-51-43-21-11-10-19-38(43)49(52-50)34-17-8-3-9-18-34/h1-29,31,36,43H,30H2,(H,51,52). The topological polar surface area (TPSA) is 42.5 Å². The minimum atomic E-state index is 0.0304. The molecule has 54 heavy (non-hydrogen) atoms. The van der Waals surface area contributed by atoms with E-state index >= 15 is 0 Å². The number of hydrogen-bond donors (Lipinski definition) is 1. The third-order valence-electron chi connectivity index (χ3n) is 11.2. The molecule has 1 aliphatic heterocycles. The van der Waals surface area contributed by atoms with Gasteiger partial charge in [-0.3, -0.25) is 0 Å². The molecule has 8 aromatic rings. The van der Waals surface area contributed by atoms with Crippen molar-refractivity contribution in [2.24, 2.45) is 4.99 Å². The fourth-order valence-corrected chi connectivity index (χ4v) is 8.64. The summed E-state index contributed by atoms with van der Waals surface area (Å²) >= 11 is 0. The summed E-state index contributed by atoms with van der Waals surface area (Å²) in [7, 11) is 0. The summed E-state index contributed by atoms with van der Waals surface area (Å²) in [6.45, 7) is 0. The van der Waals surface area contributed by atoms with E-state index in [4.69, 9.17) is 9.41 Å². The maximum atomic E-state index is 6.70. The van der Waals surface area contributed by atoms with Gasteiger partial charge in [0.15, 0.2) is 0 Å². The molecule has 3 aliphatic rings. The fraction of sp³-hybridized carbons (Fsp3) is 0.0600. The molecule has 0 saturated carbocycles. The number of aliphatic imine (C=N–C) groups is 1. The first-order valence-corrected chi connectivity index (χ1v) is 18.7. The van der Waals surface area contributed by atoms with Crippen LogP contribution in [0.4, 0.5) is 0 Å². The Kier molecular flexibility index (Phi) is 7.02. The third kappa shape index (κ3) is 4.95. The van der Waals surface area contributed by atoms with Gasteiger partial charge in [0.2, 0.25) is 0 Å². The van der Waals surface area contributed by atoms with Gasteiger partial charge in [0.1, 0.15) is 17.0 Å². The lowest BCUT2D eigenvalue weighted by Crippen LogP contribution is -2.39. The Balaban J connectivity index is 1.06. The van der Waals surface area contributed by atoms with Crippen LogP contribution < -0.4 is 5.32 Å². The number of allylic oxidation sites excluding steroid dienone is 3. The van der Waals surface area contributed by atoms with Gasteiger partial charge in [0, 0.05) is 56.2 Å². The Hall–Kier alpha value is -6.91. The molecule has 1 N–H and O–H groups in total. The summed E-state index contributed by atoms with van der Waals surface area (Å²) in [4.78, 5) is 5.29. The van der Waals surface area contributed by atoms with Crippen LogP contribution >= 0.6 is 0 Å². The molecule has 4 heteroatoms. The largest absolute Gasteiger partial charge is 0.456 e. The molecule has 3 heterocycles. The van der Waals surface area contributed by atoms with E-state index in [1.807, 2.05) is 6.07 Å². The van der Waals surface area contributed by atoms with Crippen molar-refractivity contribution in [3.63, 3.8) is 0 Å². The van der Waals surface area contributed by atoms with Gasteiger partial charge in [0.05, 0.1) is 17.3 Å². The zero-order chi connectivity index (χ0) is 35.6. The lowest BCUT2D eigenvalue weighted by atomic mass is 9.86. The van der Waals surface area contributed by atoms with E-state index in [1.165, 1.54) is 44.4 Å². The van der Waals surface area contributed by atoms with Crippen LogP contribution in [0.25, 0.3) is 61.4 Å². The number of rotatable bonds is 5. The molecule has 2 aliphatic carbocycles. The monoisotopic (exact) mass is 693 g/mol. The SMILES string of the molecule is C1=CC2=C(c3ccccc3)N=C(c3cccc4oc5cc(-n6c7c(c8cc(-c9ccccc9)ccc86)CC(c6ccccc6)C=C7)ccc5c34)NC2C=C1. The lowest BCUT2D eigenvalue weighted by molar-refractivity contribution is 0.668. The average Bonchev–Trinajstić information content (AvgIpc) is 3.79. The van der Waals surface area contributed by atoms with Crippen molar-refractivity contribution in [2.75, 3.05) is 0 Å². The molecule has 6 aromatic carbocycles. The quantitative estimate of drug-likeness (QED) is 0.195. The summed E-state index contributed by atoms with van der Waals surface area (Å²) in [5, 5.41) is 7.16. The first kappa shape index (κ1) is 30.7. The highest BCUT2D eigenvalue weighted by Gasteiger charge is 2.27. The summed E-state index contributed by atoms with van der Waals surface area (Å²) in [5.74, 6) is 1.16. The second kappa shape index (κ2) is 12.4. The minimum Gasteiger partial charge on any atom is -0.456 e. The van der Waals surface area contributed by atoms with Crippen LogP contribution in [0.15, 0.2) is 191 Å². The van der Waals surface area contributed by atoms with Crippen LogP contribution in [0.2, 0.25) is 0 Å². The van der Waals surface area contributed by atoms with E-state index in [0.29, 0.717) is 5.92 Å². The van der Waals surface area contributed by atoms with E-state index in [9.17, 15) is 0 Å². The van der Waals surface area contributed by atoms with Crippen LogP contribution in [-0.4, -0.2) is 16.4 Å². The van der Waals surface area contributed by atoms with Crippen molar-refractivity contribution < 1.29 is 4.42 Å². The molecule has 4 nitrogen and oxygen atoms in total. The molecular weight excluding hydrogens is 659 g/mol. The normalized spacial score (nSPS) is 17.5. The van der Waals surface area contributed by atoms with Gasteiger partial charge in [-0.05, 0) is 65.1 Å². The molecular formula is C50H35N3O. The fourth-order valence-electron chi connectivity index (χ4n) is 8.64. The van der Waals surface area contributed by atoms with Crippen LogP contribution in [0.3, 0.4) is 0 Å². The first-order chi connectivity index (χ1) is 26.8. The lowest BCUT2D eigenvalue weighted by Gasteiger charge is -2.28. The van der Waals surface area contributed by atoms with Gasteiger partial charge in [-0.2, -0.15) is 0 Å². The molecule has 0 radical (unpaired) electrons. The van der Waals surface area contributed by atoms with E-state index in [0.717, 1.165) is 56.7 Å². The number of aromatic nitrogens is 1. The van der Waals surface area contributed by atoms with Gasteiger partial charge < -0.3 is 14.3 Å². The van der Waals surface area contributed by atoms with E-state index in [1.54, 1.807) is 0 Å². The number of hydrogen-bond acceptors (Lipinski definition) is 3. The predicted octanol–water partition coefficient (Wildman–Crippen LogP) is 11.8. The zero-order valence-corrected chi connectivity index (χ0v) is 29.5. The number of fused-ring (bicyclic) bond motifs is 7. The molecule has 2 unspecified atom stereocenters. The van der Waals surface area contributed by atoms with Gasteiger partial charge in [-0.25, -0.2) is 4.99 Å². The Labute approximate surface area is 313 Å². The Morgan fingerprint density at radius 2 is 1.43 bits per heavy atom. The Morgan fingerprint density at radius 3 is 2.26 bits per heavy atom. The number of nitrogens with zero attached hydrogens (tertiary/aromatic N) is 2. The van der Waals surface area contributed by atoms with Crippen molar-refractivity contribution in [3.8, 4) is 16.8 Å². The molecule has 0 spiro atoms.